The number of hydrogen-bond acceptors (Lipinski definition) is 17. The van der Waals surface area contributed by atoms with Gasteiger partial charge in [-0.25, -0.2) is 19.7 Å². The number of nitrogens with one attached hydrogen (secondary N) is 1. The summed E-state index contributed by atoms with van der Waals surface area (Å²) < 4.78 is 11.8. The van der Waals surface area contributed by atoms with Gasteiger partial charge in [-0.3, -0.25) is 20.0 Å². The number of carboxylic acids is 1. The molecule has 222 valence electrons. The first-order chi connectivity index (χ1) is 18.8. The second-order valence-electron chi connectivity index (χ2n) is 9.48. The van der Waals surface area contributed by atoms with Crippen LogP contribution in [0.4, 0.5) is 5.82 Å². The number of aromatic nitrogens is 4. The van der Waals surface area contributed by atoms with Crippen molar-refractivity contribution in [2.45, 2.75) is 66.0 Å². The van der Waals surface area contributed by atoms with Crippen LogP contribution in [0.1, 0.15) is 6.42 Å². The molecule has 20 heteroatoms. The van der Waals surface area contributed by atoms with Gasteiger partial charge in [0.1, 0.15) is 43.2 Å². The number of hydrogen-bond donors (Lipinski definition) is 12. The van der Waals surface area contributed by atoms with Crippen molar-refractivity contribution in [3.05, 3.63) is 12.7 Å². The average Bonchev–Trinajstić information content (AvgIpc) is 3.47. The van der Waals surface area contributed by atoms with Crippen LogP contribution in [-0.2, 0) is 24.8 Å². The molecule has 14 N–H and O–H groups in total. The van der Waals surface area contributed by atoms with Gasteiger partial charge in [0.05, 0.1) is 25.4 Å². The molecule has 0 bridgehead atoms. The number of carbonyl (C=O) groups is 2. The number of carboxylic acid groups (broad SMARTS) is 1. The van der Waals surface area contributed by atoms with Gasteiger partial charge in [-0.05, 0) is 0 Å². The minimum absolute atomic E-state index is 0.256. The highest BCUT2D eigenvalue weighted by atomic mass is 16.6. The summed E-state index contributed by atoms with van der Waals surface area (Å²) in [5.74, 6) is -4.10. The predicted molar refractivity (Wildman–Crippen MR) is 124 cm³/mol. The van der Waals surface area contributed by atoms with Crippen molar-refractivity contribution in [2.75, 3.05) is 18.7 Å². The Morgan fingerprint density at radius 2 is 1.88 bits per heavy atom. The zero-order valence-electron chi connectivity index (χ0n) is 20.4. The maximum absolute atomic E-state index is 13.3. The average molecular weight is 575 g/mol. The van der Waals surface area contributed by atoms with Crippen LogP contribution in [0.15, 0.2) is 12.7 Å². The third-order valence-electron chi connectivity index (χ3n) is 7.45. The summed E-state index contributed by atoms with van der Waals surface area (Å²) in [6, 6.07) is -1.62. The molecule has 10 atom stereocenters. The van der Waals surface area contributed by atoms with Gasteiger partial charge in [-0.15, -0.1) is 0 Å². The van der Waals surface area contributed by atoms with Crippen LogP contribution < -0.4 is 16.9 Å². The summed E-state index contributed by atoms with van der Waals surface area (Å²) in [6.45, 7) is -2.17. The van der Waals surface area contributed by atoms with Crippen LogP contribution in [0.5, 0.6) is 0 Å². The smallest absolute Gasteiger partial charge is 0.339 e. The molecule has 1 unspecified atom stereocenters. The molecule has 0 aliphatic carbocycles. The third kappa shape index (κ3) is 3.77. The maximum Gasteiger partial charge on any atom is 0.339 e. The molecule has 2 aliphatic rings. The summed E-state index contributed by atoms with van der Waals surface area (Å²) in [6.07, 6.45) is -12.1. The summed E-state index contributed by atoms with van der Waals surface area (Å²) in [5, 5.41) is 94.1. The van der Waals surface area contributed by atoms with Gasteiger partial charge in [0.25, 0.3) is 11.6 Å². The fourth-order valence-electron chi connectivity index (χ4n) is 5.42. The molecular weight excluding hydrogens is 546 g/mol. The number of carbonyl (C=O) groups excluding carboxylic acids is 1. The number of amides is 1. The van der Waals surface area contributed by atoms with Gasteiger partial charge >= 0.3 is 5.97 Å². The molecule has 2 aromatic heterocycles. The number of aliphatic hydroxyl groups is 7. The van der Waals surface area contributed by atoms with E-state index in [1.54, 1.807) is 5.48 Å². The molecule has 4 heterocycles. The molecule has 0 radical (unpaired) electrons. The summed E-state index contributed by atoms with van der Waals surface area (Å²) >= 11 is 0. The van der Waals surface area contributed by atoms with E-state index < -0.39 is 96.8 Å². The highest BCUT2D eigenvalue weighted by Gasteiger charge is 2.82. The highest BCUT2D eigenvalue weighted by Crippen LogP contribution is 2.55. The lowest BCUT2D eigenvalue weighted by Crippen LogP contribution is -2.81. The summed E-state index contributed by atoms with van der Waals surface area (Å²) in [7, 11) is 0. The predicted octanol–water partition coefficient (Wildman–Crippen LogP) is -6.74. The molecule has 20 nitrogen and oxygen atoms in total. The quantitative estimate of drug-likeness (QED) is 0.124. The number of aliphatic carboxylic acids is 1. The number of primary amides is 1. The monoisotopic (exact) mass is 575 g/mol. The minimum Gasteiger partial charge on any atom is -0.479 e. The van der Waals surface area contributed by atoms with E-state index in [-0.39, 0.29) is 11.3 Å². The Balaban J connectivity index is 2.05. The normalized spacial score (nSPS) is 37.8. The fraction of sp³-hybridized carbons (Fsp3) is 0.650. The first-order valence-corrected chi connectivity index (χ1v) is 11.7. The first kappa shape index (κ1) is 29.8. The lowest BCUT2D eigenvalue weighted by atomic mass is 9.66. The molecule has 4 rings (SSSR count). The second kappa shape index (κ2) is 10.4. The summed E-state index contributed by atoms with van der Waals surface area (Å²) in [4.78, 5) is 37.9. The molecule has 0 saturated carbocycles. The van der Waals surface area contributed by atoms with Gasteiger partial charge in [0.2, 0.25) is 5.60 Å². The van der Waals surface area contributed by atoms with Crippen LogP contribution in [0.3, 0.4) is 0 Å². The molecule has 2 fully saturated rings. The van der Waals surface area contributed by atoms with E-state index in [4.69, 9.17) is 20.9 Å². The van der Waals surface area contributed by atoms with E-state index in [2.05, 4.69) is 15.0 Å². The number of imidazole rings is 1. The lowest BCUT2D eigenvalue weighted by Gasteiger charge is -2.55. The Bertz CT molecular complexity index is 1280. The largest absolute Gasteiger partial charge is 0.479 e. The Labute approximate surface area is 223 Å². The van der Waals surface area contributed by atoms with E-state index >= 15 is 0 Å². The second-order valence-corrected chi connectivity index (χ2v) is 9.48. The Hall–Kier alpha value is -3.15. The SMILES string of the molecule is NC(=O)[C@@]1(n2cnc3c(NO)ncnc32)O[C@H](CO)[C@@H](O)[C@]1(O)C1(C(=O)O)C[C@H](O)[C@@H](N)[C@H]([C@H](O)[C@H](O)CO)O1. The standard InChI is InChI=1S/C20H29N7O13/c21-9-6(30)1-18(17(35)36,40-12(9)11(32)7(31)2-28)19(37)13(33)8(3-29)39-20(19,16(22)34)27-5-25-10-14(26-38)23-4-24-15(10)27/h4-9,11-13,28-33,37-38H,1-3,21H2,(H2,22,34)(H,35,36)(H,23,24,26)/t6-,7+,8+,9+,11+,12+,13+,18?,19-,20+/m0/s1. The van der Waals surface area contributed by atoms with E-state index in [0.29, 0.717) is 4.57 Å². The number of nitrogens with zero attached hydrogens (tertiary/aromatic N) is 4. The molecule has 1 amide bonds. The Kier molecular flexibility index (Phi) is 7.72. The number of nitrogens with two attached hydrogens (primary N) is 2. The molecule has 0 spiro atoms. The van der Waals surface area contributed by atoms with E-state index in [0.717, 1.165) is 12.7 Å². The van der Waals surface area contributed by atoms with Crippen molar-refractivity contribution < 1.29 is 65.1 Å². The zero-order valence-corrected chi connectivity index (χ0v) is 20.4. The molecular formula is C20H29N7O13. The van der Waals surface area contributed by atoms with Crippen molar-refractivity contribution in [1.29, 1.82) is 0 Å². The Morgan fingerprint density at radius 3 is 2.42 bits per heavy atom. The minimum atomic E-state index is -3.58. The van der Waals surface area contributed by atoms with E-state index in [1.807, 2.05) is 0 Å². The molecule has 2 aliphatic heterocycles. The van der Waals surface area contributed by atoms with Crippen molar-refractivity contribution in [2.24, 2.45) is 11.5 Å². The zero-order chi connectivity index (χ0) is 29.8. The highest BCUT2D eigenvalue weighted by molar-refractivity contribution is 5.91. The van der Waals surface area contributed by atoms with Crippen molar-refractivity contribution >= 4 is 28.9 Å². The lowest BCUT2D eigenvalue weighted by molar-refractivity contribution is -0.313. The van der Waals surface area contributed by atoms with E-state index in [9.17, 15) is 55.6 Å². The number of ether oxygens (including phenoxy) is 2. The fourth-order valence-corrected chi connectivity index (χ4v) is 5.42. The first-order valence-electron chi connectivity index (χ1n) is 11.7. The van der Waals surface area contributed by atoms with Gasteiger partial charge in [-0.2, -0.15) is 0 Å². The number of aliphatic hydroxyl groups excluding tert-OH is 6. The van der Waals surface area contributed by atoms with E-state index in [1.165, 1.54) is 0 Å². The van der Waals surface area contributed by atoms with Crippen LogP contribution in [-0.4, -0.2) is 145 Å². The topological polar surface area (TPSA) is 342 Å². The molecule has 40 heavy (non-hydrogen) atoms. The van der Waals surface area contributed by atoms with Crippen LogP contribution in [0.2, 0.25) is 0 Å². The molecule has 2 aromatic rings. The van der Waals surface area contributed by atoms with Crippen LogP contribution in [0, 0.1) is 0 Å². The van der Waals surface area contributed by atoms with Crippen molar-refractivity contribution in [3.63, 3.8) is 0 Å². The van der Waals surface area contributed by atoms with Gasteiger partial charge in [-0.1, -0.05) is 0 Å². The third-order valence-corrected chi connectivity index (χ3v) is 7.45. The number of rotatable bonds is 9. The summed E-state index contributed by atoms with van der Waals surface area (Å²) in [5.41, 5.74) is 2.52. The maximum atomic E-state index is 13.3. The number of anilines is 1. The van der Waals surface area contributed by atoms with Crippen LogP contribution in [0.25, 0.3) is 11.2 Å². The number of fused-ring (bicyclic) bond motifs is 1. The van der Waals surface area contributed by atoms with Crippen molar-refractivity contribution in [3.8, 4) is 0 Å². The van der Waals surface area contributed by atoms with Gasteiger partial charge in [0.15, 0.2) is 22.6 Å². The van der Waals surface area contributed by atoms with Crippen molar-refractivity contribution in [1.82, 2.24) is 19.5 Å². The van der Waals surface area contributed by atoms with Gasteiger partial charge < -0.3 is 61.8 Å². The molecule has 0 aromatic carbocycles. The van der Waals surface area contributed by atoms with Gasteiger partial charge in [0, 0.05) is 6.42 Å². The molecule has 2 saturated heterocycles. The Morgan fingerprint density at radius 1 is 1.20 bits per heavy atom. The van der Waals surface area contributed by atoms with Crippen LogP contribution >= 0.6 is 0 Å².